The highest BCUT2D eigenvalue weighted by molar-refractivity contribution is 8.00. The van der Waals surface area contributed by atoms with Crippen molar-refractivity contribution in [3.8, 4) is 0 Å². The second-order valence-electron chi connectivity index (χ2n) is 4.63. The van der Waals surface area contributed by atoms with Crippen LogP contribution in [0.1, 0.15) is 27.2 Å². The Morgan fingerprint density at radius 3 is 2.94 bits per heavy atom. The van der Waals surface area contributed by atoms with Gasteiger partial charge in [-0.15, -0.1) is 5.10 Å². The maximum absolute atomic E-state index is 11.5. The Hall–Kier alpha value is -1.11. The summed E-state index contributed by atoms with van der Waals surface area (Å²) in [5.41, 5.74) is 0. The number of carbonyl (C=O) groups is 1. The standard InChI is InChI=1S/C10H16N4O2S/c1-6(2)5-14-10(11-12-13-14)17-8-4-7(3)16-9(8)15/h6-8H,4-5H2,1-3H3/t7-,8+/m1/s1. The molecule has 1 fully saturated rings. The lowest BCUT2D eigenvalue weighted by Gasteiger charge is -2.08. The van der Waals surface area contributed by atoms with Crippen LogP contribution in [-0.2, 0) is 16.1 Å². The molecule has 1 aliphatic heterocycles. The third-order valence-electron chi connectivity index (χ3n) is 2.41. The summed E-state index contributed by atoms with van der Waals surface area (Å²) in [4.78, 5) is 11.5. The Labute approximate surface area is 104 Å². The van der Waals surface area contributed by atoms with Gasteiger partial charge in [0.25, 0.3) is 0 Å². The molecule has 0 radical (unpaired) electrons. The van der Waals surface area contributed by atoms with Gasteiger partial charge in [-0.3, -0.25) is 4.79 Å². The van der Waals surface area contributed by atoms with Gasteiger partial charge < -0.3 is 4.74 Å². The molecule has 6 nitrogen and oxygen atoms in total. The molecule has 1 aliphatic rings. The summed E-state index contributed by atoms with van der Waals surface area (Å²) < 4.78 is 6.85. The Kier molecular flexibility index (Phi) is 3.66. The first-order valence-corrected chi connectivity index (χ1v) is 6.57. The van der Waals surface area contributed by atoms with Crippen LogP contribution in [0.25, 0.3) is 0 Å². The van der Waals surface area contributed by atoms with Crippen molar-refractivity contribution in [2.75, 3.05) is 0 Å². The van der Waals surface area contributed by atoms with Crippen molar-refractivity contribution in [3.63, 3.8) is 0 Å². The highest BCUT2D eigenvalue weighted by Gasteiger charge is 2.34. The highest BCUT2D eigenvalue weighted by Crippen LogP contribution is 2.30. The average Bonchev–Trinajstić information content (AvgIpc) is 2.75. The first kappa shape index (κ1) is 12.3. The maximum atomic E-state index is 11.5. The number of hydrogen-bond donors (Lipinski definition) is 0. The molecule has 0 bridgehead atoms. The normalized spacial score (nSPS) is 24.4. The molecular weight excluding hydrogens is 240 g/mol. The van der Waals surface area contributed by atoms with Gasteiger partial charge in [0.15, 0.2) is 0 Å². The second kappa shape index (κ2) is 5.03. The summed E-state index contributed by atoms with van der Waals surface area (Å²) in [6.07, 6.45) is 0.715. The lowest BCUT2D eigenvalue weighted by Crippen LogP contribution is -2.13. The molecule has 0 N–H and O–H groups in total. The van der Waals surface area contributed by atoms with Crippen molar-refractivity contribution in [1.82, 2.24) is 20.2 Å². The van der Waals surface area contributed by atoms with Crippen LogP contribution in [0, 0.1) is 5.92 Å². The molecule has 0 saturated carbocycles. The summed E-state index contributed by atoms with van der Waals surface area (Å²) in [6, 6.07) is 0. The van der Waals surface area contributed by atoms with Gasteiger partial charge in [-0.05, 0) is 23.3 Å². The van der Waals surface area contributed by atoms with Crippen LogP contribution < -0.4 is 0 Å². The fourth-order valence-corrected chi connectivity index (χ4v) is 2.77. The zero-order valence-corrected chi connectivity index (χ0v) is 11.0. The fourth-order valence-electron chi connectivity index (χ4n) is 1.68. The van der Waals surface area contributed by atoms with Crippen molar-refractivity contribution in [2.24, 2.45) is 5.92 Å². The van der Waals surface area contributed by atoms with Crippen molar-refractivity contribution in [3.05, 3.63) is 0 Å². The molecule has 0 spiro atoms. The van der Waals surface area contributed by atoms with E-state index in [4.69, 9.17) is 4.74 Å². The van der Waals surface area contributed by atoms with Crippen molar-refractivity contribution >= 4 is 17.7 Å². The third kappa shape index (κ3) is 2.96. The van der Waals surface area contributed by atoms with Crippen LogP contribution in [0.15, 0.2) is 5.16 Å². The number of carbonyl (C=O) groups excluding carboxylic acids is 1. The molecule has 7 heteroatoms. The molecule has 17 heavy (non-hydrogen) atoms. The lowest BCUT2D eigenvalue weighted by atomic mass is 10.2. The molecule has 0 aliphatic carbocycles. The fraction of sp³-hybridized carbons (Fsp3) is 0.800. The second-order valence-corrected chi connectivity index (χ2v) is 5.80. The number of hydrogen-bond acceptors (Lipinski definition) is 6. The predicted molar refractivity (Wildman–Crippen MR) is 62.5 cm³/mol. The van der Waals surface area contributed by atoms with E-state index in [0.717, 1.165) is 13.0 Å². The van der Waals surface area contributed by atoms with E-state index < -0.39 is 0 Å². The van der Waals surface area contributed by atoms with E-state index in [-0.39, 0.29) is 17.3 Å². The Bertz CT molecular complexity index is 407. The van der Waals surface area contributed by atoms with Crippen molar-refractivity contribution in [2.45, 2.75) is 50.2 Å². The van der Waals surface area contributed by atoms with Crippen LogP contribution in [-0.4, -0.2) is 37.5 Å². The van der Waals surface area contributed by atoms with Gasteiger partial charge in [0.1, 0.15) is 11.4 Å². The average molecular weight is 256 g/mol. The number of tetrazole rings is 1. The van der Waals surface area contributed by atoms with Gasteiger partial charge in [0, 0.05) is 13.0 Å². The van der Waals surface area contributed by atoms with Gasteiger partial charge in [-0.25, -0.2) is 4.68 Å². The summed E-state index contributed by atoms with van der Waals surface area (Å²) in [7, 11) is 0. The highest BCUT2D eigenvalue weighted by atomic mass is 32.2. The number of esters is 1. The van der Waals surface area contributed by atoms with Crippen molar-refractivity contribution < 1.29 is 9.53 Å². The minimum Gasteiger partial charge on any atom is -0.462 e. The number of cyclic esters (lactones) is 1. The van der Waals surface area contributed by atoms with E-state index in [0.29, 0.717) is 11.1 Å². The minimum absolute atomic E-state index is 0.00516. The maximum Gasteiger partial charge on any atom is 0.319 e. The van der Waals surface area contributed by atoms with Crippen LogP contribution in [0.3, 0.4) is 0 Å². The first-order valence-electron chi connectivity index (χ1n) is 5.69. The molecule has 2 atom stereocenters. The molecule has 1 aromatic rings. The van der Waals surface area contributed by atoms with E-state index in [1.165, 1.54) is 11.8 Å². The zero-order valence-electron chi connectivity index (χ0n) is 10.2. The first-order chi connectivity index (χ1) is 8.06. The zero-order chi connectivity index (χ0) is 12.4. The van der Waals surface area contributed by atoms with Gasteiger partial charge in [0.2, 0.25) is 5.16 Å². The van der Waals surface area contributed by atoms with Crippen LogP contribution in [0.2, 0.25) is 0 Å². The van der Waals surface area contributed by atoms with E-state index in [1.807, 2.05) is 6.92 Å². The predicted octanol–water partition coefficient (Wildman–Crippen LogP) is 1.13. The Morgan fingerprint density at radius 2 is 2.35 bits per heavy atom. The third-order valence-corrected chi connectivity index (χ3v) is 3.58. The number of nitrogens with zero attached hydrogens (tertiary/aromatic N) is 4. The van der Waals surface area contributed by atoms with Gasteiger partial charge in [-0.1, -0.05) is 25.6 Å². The van der Waals surface area contributed by atoms with E-state index in [1.54, 1.807) is 4.68 Å². The van der Waals surface area contributed by atoms with E-state index in [2.05, 4.69) is 29.4 Å². The number of aromatic nitrogens is 4. The van der Waals surface area contributed by atoms with Gasteiger partial charge in [-0.2, -0.15) is 0 Å². The molecular formula is C10H16N4O2S. The molecule has 1 aromatic heterocycles. The SMILES string of the molecule is CC(C)Cn1nnnc1S[C@H]1C[C@@H](C)OC1=O. The molecule has 0 amide bonds. The quantitative estimate of drug-likeness (QED) is 0.752. The molecule has 0 aromatic carbocycles. The summed E-state index contributed by atoms with van der Waals surface area (Å²) >= 11 is 1.39. The summed E-state index contributed by atoms with van der Waals surface area (Å²) in [5, 5.41) is 12.0. The monoisotopic (exact) mass is 256 g/mol. The lowest BCUT2D eigenvalue weighted by molar-refractivity contribution is -0.140. The Balaban J connectivity index is 2.03. The van der Waals surface area contributed by atoms with Crippen LogP contribution in [0.4, 0.5) is 0 Å². The van der Waals surface area contributed by atoms with E-state index >= 15 is 0 Å². The largest absolute Gasteiger partial charge is 0.462 e. The molecule has 2 heterocycles. The number of thioether (sulfide) groups is 1. The smallest absolute Gasteiger partial charge is 0.319 e. The molecule has 0 unspecified atom stereocenters. The van der Waals surface area contributed by atoms with Gasteiger partial charge >= 0.3 is 5.97 Å². The molecule has 2 rings (SSSR count). The van der Waals surface area contributed by atoms with Crippen molar-refractivity contribution in [1.29, 1.82) is 0 Å². The summed E-state index contributed by atoms with van der Waals surface area (Å²) in [6.45, 7) is 6.85. The van der Waals surface area contributed by atoms with Gasteiger partial charge in [0.05, 0.1) is 0 Å². The topological polar surface area (TPSA) is 69.9 Å². The summed E-state index contributed by atoms with van der Waals surface area (Å²) in [5.74, 6) is 0.300. The Morgan fingerprint density at radius 1 is 1.59 bits per heavy atom. The minimum atomic E-state index is -0.179. The molecule has 1 saturated heterocycles. The van der Waals surface area contributed by atoms with Crippen LogP contribution in [0.5, 0.6) is 0 Å². The number of rotatable bonds is 4. The number of ether oxygens (including phenoxy) is 1. The van der Waals surface area contributed by atoms with E-state index in [9.17, 15) is 4.79 Å². The van der Waals surface area contributed by atoms with Crippen LogP contribution >= 0.6 is 11.8 Å². The molecule has 94 valence electrons.